The highest BCUT2D eigenvalue weighted by Crippen LogP contribution is 2.17. The quantitative estimate of drug-likeness (QED) is 0.0211. The predicted molar refractivity (Wildman–Crippen MR) is 300 cm³/mol. The zero-order chi connectivity index (χ0) is 52.0. The molecule has 0 saturated carbocycles. The number of carboxylic acids is 1. The number of carbonyl (C=O) groups is 3. The molecule has 0 bridgehead atoms. The van der Waals surface area contributed by atoms with Crippen molar-refractivity contribution in [2.45, 2.75) is 283 Å². The number of carboxylic acid groups (broad SMARTS) is 1. The first-order chi connectivity index (χ1) is 34.6. The fourth-order valence-electron chi connectivity index (χ4n) is 8.54. The number of allylic oxidation sites excluding steroid dienone is 8. The van der Waals surface area contributed by atoms with Gasteiger partial charge in [0, 0.05) is 12.8 Å². The monoisotopic (exact) mass is 1000 g/mol. The van der Waals surface area contributed by atoms with Crippen molar-refractivity contribution in [3.63, 3.8) is 0 Å². The SMILES string of the molecule is CC/C=C\C/C=C\C/C=C\C/C=C\CCCCCCCCCCCCCCCCCCCCCCC(=O)OC(COC(=O)CCCCCCCCCCCCCCC)COC(OCC[N+](C)(C)C)C(=O)O. The lowest BCUT2D eigenvalue weighted by Crippen LogP contribution is -2.40. The Hall–Kier alpha value is -2.75. The third-order valence-corrected chi connectivity index (χ3v) is 13.1. The maximum Gasteiger partial charge on any atom is 0.361 e. The van der Waals surface area contributed by atoms with Crippen LogP contribution in [0.2, 0.25) is 0 Å². The lowest BCUT2D eigenvalue weighted by molar-refractivity contribution is -0.870. The van der Waals surface area contributed by atoms with E-state index >= 15 is 0 Å². The minimum atomic E-state index is -1.51. The Balaban J connectivity index is 4.05. The van der Waals surface area contributed by atoms with E-state index in [1.165, 1.54) is 180 Å². The molecule has 414 valence electrons. The third-order valence-electron chi connectivity index (χ3n) is 13.1. The molecule has 0 heterocycles. The zero-order valence-corrected chi connectivity index (χ0v) is 47.1. The summed E-state index contributed by atoms with van der Waals surface area (Å²) in [4.78, 5) is 37.3. The number of hydrogen-bond donors (Lipinski definition) is 1. The Bertz CT molecular complexity index is 1300. The second-order valence-corrected chi connectivity index (χ2v) is 21.3. The van der Waals surface area contributed by atoms with Gasteiger partial charge in [0.1, 0.15) is 13.2 Å². The van der Waals surface area contributed by atoms with Crippen LogP contribution >= 0.6 is 0 Å². The topological polar surface area (TPSA) is 108 Å². The van der Waals surface area contributed by atoms with Gasteiger partial charge in [-0.25, -0.2) is 4.79 Å². The highest BCUT2D eigenvalue weighted by atomic mass is 16.7. The smallest absolute Gasteiger partial charge is 0.361 e. The standard InChI is InChI=1S/C62H113NO8/c1-6-8-10-12-14-16-18-20-21-22-23-24-25-26-27-28-29-30-31-32-33-34-35-36-37-38-39-41-43-45-47-49-51-53-60(65)71-58(57-70-62(61(66)67)68-55-54-63(3,4)5)56-69-59(64)52-50-48-46-44-42-40-19-17-15-13-11-9-7-2/h8,10,14,16,20-21,23-24,58,62H,6-7,9,11-13,15,17-19,22,25-57H2,1-5H3/p+1/b10-8-,16-14-,21-20-,24-23-. The molecule has 2 atom stereocenters. The van der Waals surface area contributed by atoms with Gasteiger partial charge in [0.25, 0.3) is 6.29 Å². The van der Waals surface area contributed by atoms with Crippen molar-refractivity contribution < 1.29 is 42.9 Å². The lowest BCUT2D eigenvalue weighted by Gasteiger charge is -2.25. The van der Waals surface area contributed by atoms with E-state index in [9.17, 15) is 19.5 Å². The van der Waals surface area contributed by atoms with Gasteiger partial charge in [-0.3, -0.25) is 9.59 Å². The fourth-order valence-corrected chi connectivity index (χ4v) is 8.54. The number of ether oxygens (including phenoxy) is 4. The highest BCUT2D eigenvalue weighted by Gasteiger charge is 2.25. The maximum absolute atomic E-state index is 12.9. The third kappa shape index (κ3) is 54.9. The molecule has 0 radical (unpaired) electrons. The van der Waals surface area contributed by atoms with Crippen LogP contribution in [0.15, 0.2) is 48.6 Å². The van der Waals surface area contributed by atoms with E-state index < -0.39 is 18.4 Å². The average molecular weight is 1000 g/mol. The molecule has 1 N–H and O–H groups in total. The summed E-state index contributed by atoms with van der Waals surface area (Å²) in [6.07, 6.45) is 63.5. The van der Waals surface area contributed by atoms with Crippen molar-refractivity contribution in [2.24, 2.45) is 0 Å². The van der Waals surface area contributed by atoms with Crippen LogP contribution in [0.5, 0.6) is 0 Å². The number of aliphatic carboxylic acids is 1. The molecule has 0 aromatic rings. The van der Waals surface area contributed by atoms with Crippen molar-refractivity contribution in [2.75, 3.05) is 47.5 Å². The number of likely N-dealkylation sites (N-methyl/N-ethyl adjacent to an activating group) is 1. The minimum absolute atomic E-state index is 0.177. The molecule has 2 unspecified atom stereocenters. The Labute approximate surface area is 438 Å². The molecule has 0 aliphatic rings. The largest absolute Gasteiger partial charge is 0.477 e. The fraction of sp³-hybridized carbons (Fsp3) is 0.823. The first-order valence-corrected chi connectivity index (χ1v) is 29.8. The molecule has 71 heavy (non-hydrogen) atoms. The van der Waals surface area contributed by atoms with Gasteiger partial charge in [-0.2, -0.15) is 0 Å². The van der Waals surface area contributed by atoms with E-state index in [2.05, 4.69) is 62.5 Å². The summed E-state index contributed by atoms with van der Waals surface area (Å²) >= 11 is 0. The van der Waals surface area contributed by atoms with Gasteiger partial charge < -0.3 is 28.5 Å². The van der Waals surface area contributed by atoms with E-state index in [-0.39, 0.29) is 38.2 Å². The summed E-state index contributed by atoms with van der Waals surface area (Å²) in [6.45, 7) is 4.79. The number of esters is 2. The summed E-state index contributed by atoms with van der Waals surface area (Å²) in [5.74, 6) is -1.99. The first kappa shape index (κ1) is 68.2. The average Bonchev–Trinajstić information content (AvgIpc) is 3.34. The molecule has 0 aliphatic heterocycles. The van der Waals surface area contributed by atoms with Crippen LogP contribution in [0.4, 0.5) is 0 Å². The van der Waals surface area contributed by atoms with Crippen LogP contribution in [0.1, 0.15) is 271 Å². The van der Waals surface area contributed by atoms with Crippen molar-refractivity contribution in [3.05, 3.63) is 48.6 Å². The van der Waals surface area contributed by atoms with E-state index in [1.807, 2.05) is 21.1 Å². The number of rotatable bonds is 55. The second-order valence-electron chi connectivity index (χ2n) is 21.3. The molecular formula is C62H114NO8+. The molecule has 0 aliphatic carbocycles. The molecule has 0 amide bonds. The van der Waals surface area contributed by atoms with Gasteiger partial charge in [-0.05, 0) is 51.4 Å². The van der Waals surface area contributed by atoms with Gasteiger partial charge >= 0.3 is 17.9 Å². The second kappa shape index (κ2) is 53.5. The lowest BCUT2D eigenvalue weighted by atomic mass is 10.0. The van der Waals surface area contributed by atoms with Gasteiger partial charge in [0.15, 0.2) is 6.10 Å². The maximum atomic E-state index is 12.9. The molecule has 0 spiro atoms. The number of hydrogen-bond acceptors (Lipinski definition) is 7. The number of unbranched alkanes of at least 4 members (excludes halogenated alkanes) is 32. The Kier molecular flexibility index (Phi) is 51.5. The predicted octanol–water partition coefficient (Wildman–Crippen LogP) is 17.5. The summed E-state index contributed by atoms with van der Waals surface area (Å²) in [5.41, 5.74) is 0. The number of nitrogens with zero attached hydrogens (tertiary/aromatic N) is 1. The summed E-state index contributed by atoms with van der Waals surface area (Å²) in [7, 11) is 5.97. The first-order valence-electron chi connectivity index (χ1n) is 29.8. The molecular weight excluding hydrogens is 887 g/mol. The van der Waals surface area contributed by atoms with E-state index in [0.717, 1.165) is 64.2 Å². The van der Waals surface area contributed by atoms with Crippen LogP contribution in [0.25, 0.3) is 0 Å². The van der Waals surface area contributed by atoms with E-state index in [4.69, 9.17) is 18.9 Å². The van der Waals surface area contributed by atoms with Crippen molar-refractivity contribution in [3.8, 4) is 0 Å². The van der Waals surface area contributed by atoms with Gasteiger partial charge in [0.2, 0.25) is 0 Å². The van der Waals surface area contributed by atoms with E-state index in [0.29, 0.717) is 17.4 Å². The van der Waals surface area contributed by atoms with Crippen LogP contribution in [-0.4, -0.2) is 87.4 Å². The molecule has 0 saturated heterocycles. The zero-order valence-electron chi connectivity index (χ0n) is 47.1. The summed E-state index contributed by atoms with van der Waals surface area (Å²) < 4.78 is 22.9. The van der Waals surface area contributed by atoms with Crippen LogP contribution in [-0.2, 0) is 33.3 Å². The van der Waals surface area contributed by atoms with Crippen molar-refractivity contribution in [1.82, 2.24) is 0 Å². The Morgan fingerprint density at radius 2 is 0.803 bits per heavy atom. The highest BCUT2D eigenvalue weighted by molar-refractivity contribution is 5.71. The summed E-state index contributed by atoms with van der Waals surface area (Å²) in [5, 5.41) is 9.69. The normalized spacial score (nSPS) is 13.1. The molecule has 0 aromatic heterocycles. The molecule has 9 nitrogen and oxygen atoms in total. The van der Waals surface area contributed by atoms with Crippen LogP contribution < -0.4 is 0 Å². The van der Waals surface area contributed by atoms with Gasteiger partial charge in [-0.1, -0.05) is 255 Å². The van der Waals surface area contributed by atoms with E-state index in [1.54, 1.807) is 0 Å². The van der Waals surface area contributed by atoms with Crippen molar-refractivity contribution >= 4 is 17.9 Å². The minimum Gasteiger partial charge on any atom is -0.477 e. The molecule has 0 fully saturated rings. The molecule has 9 heteroatoms. The van der Waals surface area contributed by atoms with Crippen LogP contribution in [0, 0.1) is 0 Å². The Morgan fingerprint density at radius 3 is 1.20 bits per heavy atom. The summed E-state index contributed by atoms with van der Waals surface area (Å²) in [6, 6.07) is 0. The van der Waals surface area contributed by atoms with Gasteiger partial charge in [0.05, 0.1) is 34.4 Å². The molecule has 0 aromatic carbocycles. The number of carbonyl (C=O) groups excluding carboxylic acids is 2. The number of quaternary nitrogens is 1. The van der Waals surface area contributed by atoms with Gasteiger partial charge in [-0.15, -0.1) is 0 Å². The van der Waals surface area contributed by atoms with Crippen molar-refractivity contribution in [1.29, 1.82) is 0 Å². The Morgan fingerprint density at radius 1 is 0.437 bits per heavy atom. The van der Waals surface area contributed by atoms with Crippen LogP contribution in [0.3, 0.4) is 0 Å². The molecule has 0 rings (SSSR count).